The molecule has 0 saturated carbocycles. The molecule has 22 heavy (non-hydrogen) atoms. The molecule has 1 unspecified atom stereocenters. The minimum absolute atomic E-state index is 0.200. The van der Waals surface area contributed by atoms with Crippen molar-refractivity contribution in [2.75, 3.05) is 32.1 Å². The number of carbonyl (C=O) groups excluding carboxylic acids is 1. The van der Waals surface area contributed by atoms with Gasteiger partial charge in [-0.25, -0.2) is 4.79 Å². The van der Waals surface area contributed by atoms with Crippen LogP contribution >= 0.6 is 0 Å². The van der Waals surface area contributed by atoms with Gasteiger partial charge in [-0.05, 0) is 31.8 Å². The minimum Gasteiger partial charge on any atom is -0.444 e. The van der Waals surface area contributed by atoms with Gasteiger partial charge in [-0.2, -0.15) is 4.98 Å². The lowest BCUT2D eigenvalue weighted by Gasteiger charge is -2.31. The van der Waals surface area contributed by atoms with Gasteiger partial charge in [-0.1, -0.05) is 13.0 Å². The largest absolute Gasteiger partial charge is 0.444 e. The first-order valence-electron chi connectivity index (χ1n) is 7.36. The zero-order chi connectivity index (χ0) is 16.5. The lowest BCUT2D eigenvalue weighted by Crippen LogP contribution is -2.41. The molecule has 1 aliphatic rings. The van der Waals surface area contributed by atoms with Gasteiger partial charge in [0.25, 0.3) is 11.8 Å². The zero-order valence-corrected chi connectivity index (χ0v) is 14.1. The SMILES string of the molecule is CC1C=C(c2nc(N(C)C)no2)CN(C(=O)OC(C)(C)C)C1. The standard InChI is InChI=1S/C15H24N4O3/c1-10-7-11(12-16-13(17-22-12)18(5)6)9-19(8-10)14(20)21-15(2,3)4/h7,10H,8-9H2,1-6H3. The fourth-order valence-corrected chi connectivity index (χ4v) is 2.20. The van der Waals surface area contributed by atoms with E-state index in [2.05, 4.69) is 16.2 Å². The van der Waals surface area contributed by atoms with E-state index in [1.807, 2.05) is 41.8 Å². The highest BCUT2D eigenvalue weighted by molar-refractivity contribution is 5.73. The van der Waals surface area contributed by atoms with E-state index in [1.165, 1.54) is 0 Å². The molecule has 2 heterocycles. The monoisotopic (exact) mass is 308 g/mol. The highest BCUT2D eigenvalue weighted by atomic mass is 16.6. The van der Waals surface area contributed by atoms with E-state index in [1.54, 1.807) is 9.80 Å². The van der Waals surface area contributed by atoms with Crippen molar-refractivity contribution in [1.29, 1.82) is 0 Å². The van der Waals surface area contributed by atoms with E-state index < -0.39 is 5.60 Å². The van der Waals surface area contributed by atoms with Gasteiger partial charge in [-0.15, -0.1) is 0 Å². The molecular weight excluding hydrogens is 284 g/mol. The van der Waals surface area contributed by atoms with E-state index >= 15 is 0 Å². The maximum Gasteiger partial charge on any atom is 0.410 e. The summed E-state index contributed by atoms with van der Waals surface area (Å²) >= 11 is 0. The number of nitrogens with zero attached hydrogens (tertiary/aromatic N) is 4. The van der Waals surface area contributed by atoms with Crippen LogP contribution in [0.1, 0.15) is 33.6 Å². The van der Waals surface area contributed by atoms with E-state index in [9.17, 15) is 4.79 Å². The summed E-state index contributed by atoms with van der Waals surface area (Å²) in [6.45, 7) is 8.64. The molecule has 7 heteroatoms. The molecule has 1 amide bonds. The number of anilines is 1. The summed E-state index contributed by atoms with van der Waals surface area (Å²) in [5.74, 6) is 1.16. The van der Waals surface area contributed by atoms with Gasteiger partial charge in [0.1, 0.15) is 5.60 Å². The van der Waals surface area contributed by atoms with Crippen LogP contribution in [-0.2, 0) is 4.74 Å². The van der Waals surface area contributed by atoms with Crippen LogP contribution in [0.5, 0.6) is 0 Å². The summed E-state index contributed by atoms with van der Waals surface area (Å²) in [5.41, 5.74) is 0.342. The topological polar surface area (TPSA) is 71.7 Å². The number of carbonyl (C=O) groups is 1. The Hall–Kier alpha value is -2.05. The Bertz CT molecular complexity index is 572. The van der Waals surface area contributed by atoms with Crippen LogP contribution in [-0.4, -0.2) is 53.9 Å². The van der Waals surface area contributed by atoms with Gasteiger partial charge in [0.05, 0.1) is 6.54 Å². The quantitative estimate of drug-likeness (QED) is 0.835. The molecule has 2 rings (SSSR count). The molecule has 0 radical (unpaired) electrons. The first-order chi connectivity index (χ1) is 10.2. The maximum atomic E-state index is 12.3. The van der Waals surface area contributed by atoms with Crippen LogP contribution in [0, 0.1) is 5.92 Å². The zero-order valence-electron chi connectivity index (χ0n) is 14.1. The number of amides is 1. The maximum absolute atomic E-state index is 12.3. The third-order valence-electron chi connectivity index (χ3n) is 3.10. The number of rotatable bonds is 2. The Morgan fingerprint density at radius 2 is 2.14 bits per heavy atom. The van der Waals surface area contributed by atoms with Crippen LogP contribution in [0.25, 0.3) is 5.57 Å². The second-order valence-electron chi connectivity index (χ2n) is 6.82. The summed E-state index contributed by atoms with van der Waals surface area (Å²) in [5, 5.41) is 3.91. The third kappa shape index (κ3) is 3.99. The Kier molecular flexibility index (Phi) is 4.44. The first-order valence-corrected chi connectivity index (χ1v) is 7.36. The molecule has 122 valence electrons. The van der Waals surface area contributed by atoms with Crippen molar-refractivity contribution in [2.45, 2.75) is 33.3 Å². The second-order valence-corrected chi connectivity index (χ2v) is 6.82. The normalized spacial score (nSPS) is 18.9. The number of hydrogen-bond acceptors (Lipinski definition) is 6. The molecule has 1 atom stereocenters. The van der Waals surface area contributed by atoms with E-state index in [-0.39, 0.29) is 12.0 Å². The smallest absolute Gasteiger partial charge is 0.410 e. The van der Waals surface area contributed by atoms with Crippen molar-refractivity contribution < 1.29 is 14.1 Å². The van der Waals surface area contributed by atoms with E-state index in [0.717, 1.165) is 5.57 Å². The van der Waals surface area contributed by atoms with Crippen LogP contribution in [0.3, 0.4) is 0 Å². The molecule has 0 spiro atoms. The van der Waals surface area contributed by atoms with Crippen LogP contribution in [0.15, 0.2) is 10.6 Å². The molecule has 0 bridgehead atoms. The summed E-state index contributed by atoms with van der Waals surface area (Å²) < 4.78 is 10.7. The average molecular weight is 308 g/mol. The van der Waals surface area contributed by atoms with Gasteiger partial charge in [-0.3, -0.25) is 0 Å². The highest BCUT2D eigenvalue weighted by Gasteiger charge is 2.29. The van der Waals surface area contributed by atoms with Gasteiger partial charge in [0.15, 0.2) is 0 Å². The Morgan fingerprint density at radius 3 is 2.68 bits per heavy atom. The molecule has 0 N–H and O–H groups in total. The molecule has 0 fully saturated rings. The average Bonchev–Trinajstić information content (AvgIpc) is 2.85. The van der Waals surface area contributed by atoms with Crippen molar-refractivity contribution in [3.05, 3.63) is 12.0 Å². The van der Waals surface area contributed by atoms with Crippen LogP contribution < -0.4 is 4.90 Å². The molecular formula is C15H24N4O3. The Balaban J connectivity index is 2.14. The number of ether oxygens (including phenoxy) is 1. The van der Waals surface area contributed by atoms with Crippen molar-refractivity contribution in [1.82, 2.24) is 15.0 Å². The highest BCUT2D eigenvalue weighted by Crippen LogP contribution is 2.25. The van der Waals surface area contributed by atoms with Crippen molar-refractivity contribution in [3.8, 4) is 0 Å². The lowest BCUT2D eigenvalue weighted by atomic mass is 10.0. The van der Waals surface area contributed by atoms with Crippen molar-refractivity contribution >= 4 is 17.6 Å². The van der Waals surface area contributed by atoms with Gasteiger partial charge < -0.3 is 19.1 Å². The van der Waals surface area contributed by atoms with Gasteiger partial charge in [0.2, 0.25) is 0 Å². The van der Waals surface area contributed by atoms with Gasteiger partial charge in [0, 0.05) is 26.2 Å². The van der Waals surface area contributed by atoms with Crippen LogP contribution in [0.4, 0.5) is 10.7 Å². The first kappa shape index (κ1) is 16.3. The molecule has 0 saturated heterocycles. The predicted molar refractivity (Wildman–Crippen MR) is 83.6 cm³/mol. The third-order valence-corrected chi connectivity index (χ3v) is 3.10. The summed E-state index contributed by atoms with van der Waals surface area (Å²) in [4.78, 5) is 20.0. The van der Waals surface area contributed by atoms with E-state index in [0.29, 0.717) is 24.9 Å². The molecule has 1 aliphatic heterocycles. The number of hydrogen-bond donors (Lipinski definition) is 0. The molecule has 0 aliphatic carbocycles. The fraction of sp³-hybridized carbons (Fsp3) is 0.667. The Labute approximate surface area is 130 Å². The molecule has 0 aromatic carbocycles. The van der Waals surface area contributed by atoms with Crippen molar-refractivity contribution in [2.24, 2.45) is 5.92 Å². The summed E-state index contributed by atoms with van der Waals surface area (Å²) in [6, 6.07) is 0. The lowest BCUT2D eigenvalue weighted by molar-refractivity contribution is 0.0252. The number of aromatic nitrogens is 2. The van der Waals surface area contributed by atoms with Crippen LogP contribution in [0.2, 0.25) is 0 Å². The van der Waals surface area contributed by atoms with Crippen molar-refractivity contribution in [3.63, 3.8) is 0 Å². The predicted octanol–water partition coefficient (Wildman–Crippen LogP) is 2.41. The Morgan fingerprint density at radius 1 is 1.45 bits per heavy atom. The molecule has 7 nitrogen and oxygen atoms in total. The summed E-state index contributed by atoms with van der Waals surface area (Å²) in [7, 11) is 3.69. The fourth-order valence-electron chi connectivity index (χ4n) is 2.20. The molecule has 1 aromatic rings. The second kappa shape index (κ2) is 5.98. The summed E-state index contributed by atoms with van der Waals surface area (Å²) in [6.07, 6.45) is 1.74. The molecule has 1 aromatic heterocycles. The van der Waals surface area contributed by atoms with Gasteiger partial charge >= 0.3 is 6.09 Å². The van der Waals surface area contributed by atoms with E-state index in [4.69, 9.17) is 9.26 Å². The minimum atomic E-state index is -0.510.